The van der Waals surface area contributed by atoms with Gasteiger partial charge in [0.2, 0.25) is 0 Å². The molecule has 2 aliphatic rings. The van der Waals surface area contributed by atoms with Gasteiger partial charge in [0.1, 0.15) is 11.5 Å². The number of hydrogen-bond acceptors (Lipinski definition) is 2. The van der Waals surface area contributed by atoms with Crippen molar-refractivity contribution in [1.82, 2.24) is 14.5 Å². The fraction of sp³-hybridized carbons (Fsp3) is 0.407. The number of hydrogen-bond donors (Lipinski definition) is 0. The molecule has 4 heteroatoms. The highest BCUT2D eigenvalue weighted by atomic mass is 16.2. The van der Waals surface area contributed by atoms with Gasteiger partial charge in [-0.05, 0) is 49.7 Å². The quantitative estimate of drug-likeness (QED) is 0.603. The van der Waals surface area contributed by atoms with Crippen LogP contribution in [0.4, 0.5) is 0 Å². The van der Waals surface area contributed by atoms with Crippen LogP contribution in [0.3, 0.4) is 0 Å². The molecule has 0 bridgehead atoms. The molecule has 2 aliphatic heterocycles. The van der Waals surface area contributed by atoms with Crippen molar-refractivity contribution >= 4 is 5.91 Å². The van der Waals surface area contributed by atoms with Gasteiger partial charge in [-0.25, -0.2) is 4.98 Å². The first-order valence-corrected chi connectivity index (χ1v) is 11.6. The van der Waals surface area contributed by atoms with Gasteiger partial charge in [-0.15, -0.1) is 0 Å². The standard InChI is InChI=1S/C27H31N3O/c1-20-7-9-23(10-8-20)24-11-12-26-28-25(19-30(26)18-24)27(31)29-15-13-22(14-16-29)17-21-5-3-2-4-6-21/h2-10,19,22,24H,11-18H2,1H3. The molecular formula is C27H31N3O. The summed E-state index contributed by atoms with van der Waals surface area (Å²) in [4.78, 5) is 19.9. The topological polar surface area (TPSA) is 38.1 Å². The van der Waals surface area contributed by atoms with E-state index in [1.165, 1.54) is 16.7 Å². The first-order chi connectivity index (χ1) is 15.2. The SMILES string of the molecule is Cc1ccc(C2CCc3nc(C(=O)N4CCC(Cc5ccccc5)CC4)cn3C2)cc1. The van der Waals surface area contributed by atoms with Crippen LogP contribution in [0.5, 0.6) is 0 Å². The third-order valence-corrected chi connectivity index (χ3v) is 7.03. The first-order valence-electron chi connectivity index (χ1n) is 11.6. The summed E-state index contributed by atoms with van der Waals surface area (Å²) in [5, 5.41) is 0. The number of likely N-dealkylation sites (tertiary alicyclic amines) is 1. The molecule has 2 aromatic carbocycles. The predicted molar refractivity (Wildman–Crippen MR) is 123 cm³/mol. The second-order valence-electron chi connectivity index (χ2n) is 9.27. The summed E-state index contributed by atoms with van der Waals surface area (Å²) >= 11 is 0. The molecule has 31 heavy (non-hydrogen) atoms. The van der Waals surface area contributed by atoms with Crippen LogP contribution in [0.15, 0.2) is 60.8 Å². The molecular weight excluding hydrogens is 382 g/mol. The van der Waals surface area contributed by atoms with E-state index in [2.05, 4.69) is 66.1 Å². The molecule has 0 N–H and O–H groups in total. The lowest BCUT2D eigenvalue weighted by molar-refractivity contribution is 0.0685. The molecule has 3 aromatic rings. The Labute approximate surface area is 184 Å². The zero-order valence-electron chi connectivity index (χ0n) is 18.3. The largest absolute Gasteiger partial charge is 0.337 e. The number of fused-ring (bicyclic) bond motifs is 1. The molecule has 0 aliphatic carbocycles. The summed E-state index contributed by atoms with van der Waals surface area (Å²) in [6, 6.07) is 19.6. The Balaban J connectivity index is 1.20. The summed E-state index contributed by atoms with van der Waals surface area (Å²) < 4.78 is 2.21. The van der Waals surface area contributed by atoms with E-state index in [9.17, 15) is 4.79 Å². The van der Waals surface area contributed by atoms with Crippen molar-refractivity contribution in [2.45, 2.75) is 51.5 Å². The van der Waals surface area contributed by atoms with Crippen molar-refractivity contribution in [3.05, 3.63) is 89.0 Å². The van der Waals surface area contributed by atoms with Crippen LogP contribution in [-0.4, -0.2) is 33.4 Å². The van der Waals surface area contributed by atoms with E-state index in [0.29, 0.717) is 17.5 Å². The zero-order chi connectivity index (χ0) is 21.2. The maximum Gasteiger partial charge on any atom is 0.274 e. The second-order valence-corrected chi connectivity index (χ2v) is 9.27. The van der Waals surface area contributed by atoms with Crippen molar-refractivity contribution in [2.24, 2.45) is 5.92 Å². The lowest BCUT2D eigenvalue weighted by Gasteiger charge is -2.31. The molecule has 1 unspecified atom stereocenters. The molecule has 1 saturated heterocycles. The minimum absolute atomic E-state index is 0.104. The maximum absolute atomic E-state index is 13.1. The smallest absolute Gasteiger partial charge is 0.274 e. The van der Waals surface area contributed by atoms with Crippen LogP contribution in [-0.2, 0) is 19.4 Å². The Morgan fingerprint density at radius 1 is 1.00 bits per heavy atom. The van der Waals surface area contributed by atoms with Crippen molar-refractivity contribution in [1.29, 1.82) is 0 Å². The van der Waals surface area contributed by atoms with Crippen LogP contribution in [0.1, 0.15) is 58.2 Å². The van der Waals surface area contributed by atoms with Crippen LogP contribution >= 0.6 is 0 Å². The van der Waals surface area contributed by atoms with Crippen LogP contribution in [0.25, 0.3) is 0 Å². The molecule has 160 valence electrons. The monoisotopic (exact) mass is 413 g/mol. The lowest BCUT2D eigenvalue weighted by Crippen LogP contribution is -2.39. The van der Waals surface area contributed by atoms with Gasteiger partial charge in [-0.1, -0.05) is 60.2 Å². The van der Waals surface area contributed by atoms with E-state index in [4.69, 9.17) is 4.98 Å². The molecule has 5 rings (SSSR count). The van der Waals surface area contributed by atoms with Crippen molar-refractivity contribution in [2.75, 3.05) is 13.1 Å². The van der Waals surface area contributed by atoms with Gasteiger partial charge in [0.05, 0.1) is 0 Å². The maximum atomic E-state index is 13.1. The van der Waals surface area contributed by atoms with E-state index >= 15 is 0 Å². The van der Waals surface area contributed by atoms with Crippen LogP contribution in [0.2, 0.25) is 0 Å². The van der Waals surface area contributed by atoms with Crippen molar-refractivity contribution < 1.29 is 4.79 Å². The van der Waals surface area contributed by atoms with Crippen LogP contribution in [0, 0.1) is 12.8 Å². The fourth-order valence-corrected chi connectivity index (χ4v) is 5.11. The summed E-state index contributed by atoms with van der Waals surface area (Å²) in [7, 11) is 0. The van der Waals surface area contributed by atoms with Gasteiger partial charge in [0.25, 0.3) is 5.91 Å². The third-order valence-electron chi connectivity index (χ3n) is 7.03. The van der Waals surface area contributed by atoms with Crippen molar-refractivity contribution in [3.8, 4) is 0 Å². The number of nitrogens with zero attached hydrogens (tertiary/aromatic N) is 3. The average molecular weight is 414 g/mol. The molecule has 1 amide bonds. The number of carbonyl (C=O) groups excluding carboxylic acids is 1. The Kier molecular flexibility index (Phi) is 5.63. The molecule has 0 saturated carbocycles. The number of piperidine rings is 1. The minimum atomic E-state index is 0.104. The number of benzene rings is 2. The fourth-order valence-electron chi connectivity index (χ4n) is 5.11. The summed E-state index contributed by atoms with van der Waals surface area (Å²) in [5.41, 5.74) is 4.71. The highest BCUT2D eigenvalue weighted by Crippen LogP contribution is 2.29. The highest BCUT2D eigenvalue weighted by Gasteiger charge is 2.28. The zero-order valence-corrected chi connectivity index (χ0v) is 18.3. The average Bonchev–Trinajstić information content (AvgIpc) is 3.24. The van der Waals surface area contributed by atoms with Gasteiger partial charge >= 0.3 is 0 Å². The van der Waals surface area contributed by atoms with E-state index in [-0.39, 0.29) is 5.91 Å². The van der Waals surface area contributed by atoms with Gasteiger partial charge < -0.3 is 9.47 Å². The van der Waals surface area contributed by atoms with Gasteiger partial charge in [0.15, 0.2) is 0 Å². The van der Waals surface area contributed by atoms with Crippen LogP contribution < -0.4 is 0 Å². The highest BCUT2D eigenvalue weighted by molar-refractivity contribution is 5.92. The molecule has 0 spiro atoms. The Morgan fingerprint density at radius 2 is 1.74 bits per heavy atom. The third kappa shape index (κ3) is 4.43. The van der Waals surface area contributed by atoms with E-state index in [0.717, 1.165) is 57.6 Å². The summed E-state index contributed by atoms with van der Waals surface area (Å²) in [6.07, 6.45) is 7.28. The Hall–Kier alpha value is -2.88. The number of aromatic nitrogens is 2. The number of imidazole rings is 1. The second kappa shape index (κ2) is 8.70. The molecule has 1 atom stereocenters. The van der Waals surface area contributed by atoms with E-state index < -0.39 is 0 Å². The molecule has 4 nitrogen and oxygen atoms in total. The molecule has 0 radical (unpaired) electrons. The Bertz CT molecular complexity index is 1030. The first kappa shape index (κ1) is 20.0. The van der Waals surface area contributed by atoms with E-state index in [1.807, 2.05) is 11.1 Å². The van der Waals surface area contributed by atoms with E-state index in [1.54, 1.807) is 0 Å². The van der Waals surface area contributed by atoms with Crippen molar-refractivity contribution in [3.63, 3.8) is 0 Å². The van der Waals surface area contributed by atoms with Gasteiger partial charge in [-0.3, -0.25) is 4.79 Å². The number of rotatable bonds is 4. The minimum Gasteiger partial charge on any atom is -0.337 e. The lowest BCUT2D eigenvalue weighted by atomic mass is 9.90. The summed E-state index contributed by atoms with van der Waals surface area (Å²) in [5.74, 6) is 2.33. The van der Waals surface area contributed by atoms with Gasteiger partial charge in [0, 0.05) is 38.2 Å². The number of carbonyl (C=O) groups is 1. The molecule has 1 aromatic heterocycles. The Morgan fingerprint density at radius 3 is 2.48 bits per heavy atom. The summed E-state index contributed by atoms with van der Waals surface area (Å²) in [6.45, 7) is 4.72. The molecule has 3 heterocycles. The predicted octanol–water partition coefficient (Wildman–Crippen LogP) is 5.02. The number of aryl methyl sites for hydroxylation is 2. The number of amides is 1. The normalized spacial score (nSPS) is 19.3. The molecule has 1 fully saturated rings. The van der Waals surface area contributed by atoms with Gasteiger partial charge in [-0.2, -0.15) is 0 Å².